The van der Waals surface area contributed by atoms with E-state index in [2.05, 4.69) is 13.8 Å². The summed E-state index contributed by atoms with van der Waals surface area (Å²) in [6, 6.07) is 0. The van der Waals surface area contributed by atoms with E-state index in [4.69, 9.17) is 29.0 Å². The zero-order valence-electron chi connectivity index (χ0n) is 20.6. The van der Waals surface area contributed by atoms with Crippen LogP contribution in [0.3, 0.4) is 0 Å². The van der Waals surface area contributed by atoms with Gasteiger partial charge in [-0.1, -0.05) is 26.7 Å². The smallest absolute Gasteiger partial charge is 0.424 e. The minimum Gasteiger partial charge on any atom is -0.424 e. The van der Waals surface area contributed by atoms with E-state index in [1.807, 2.05) is 13.8 Å². The molecule has 0 aliphatic carbocycles. The molecular weight excluding hydrogens is 388 g/mol. The highest BCUT2D eigenvalue weighted by molar-refractivity contribution is 5.62. The number of carbonyl (C=O) groups excluding carboxylic acids is 1. The Bertz CT molecular complexity index is 538. The Balaban J connectivity index is 4.97. The number of unbranched alkanes of at least 4 members (excludes halogenated alkanes) is 2. The second-order valence-corrected chi connectivity index (χ2v) is 8.35. The third kappa shape index (κ3) is 10.3. The van der Waals surface area contributed by atoms with Crippen LogP contribution in [0.2, 0.25) is 0 Å². The zero-order chi connectivity index (χ0) is 23.4. The van der Waals surface area contributed by atoms with Gasteiger partial charge < -0.3 is 19.2 Å². The average Bonchev–Trinajstić information content (AvgIpc) is 2.65. The van der Waals surface area contributed by atoms with Crippen LogP contribution < -0.4 is 0 Å². The Kier molecular flexibility index (Phi) is 12.8. The molecule has 0 heterocycles. The minimum absolute atomic E-state index is 0.508. The van der Waals surface area contributed by atoms with E-state index in [9.17, 15) is 4.79 Å². The van der Waals surface area contributed by atoms with Gasteiger partial charge in [0.15, 0.2) is 0 Å². The van der Waals surface area contributed by atoms with Gasteiger partial charge in [0.2, 0.25) is 0 Å². The van der Waals surface area contributed by atoms with Gasteiger partial charge in [-0.3, -0.25) is 0 Å². The van der Waals surface area contributed by atoms with Gasteiger partial charge in [0.25, 0.3) is 0 Å². The molecular formula is C23H42O7. The molecule has 0 saturated carbocycles. The first-order valence-corrected chi connectivity index (χ1v) is 10.8. The van der Waals surface area contributed by atoms with Crippen LogP contribution in [0.15, 0.2) is 22.7 Å². The molecule has 0 unspecified atom stereocenters. The Morgan fingerprint density at radius 1 is 0.667 bits per heavy atom. The third-order valence-electron chi connectivity index (χ3n) is 5.07. The van der Waals surface area contributed by atoms with Crippen LogP contribution in [0.4, 0.5) is 4.79 Å². The number of ether oxygens (including phenoxy) is 2. The Morgan fingerprint density at radius 2 is 1.00 bits per heavy atom. The van der Waals surface area contributed by atoms with E-state index >= 15 is 0 Å². The van der Waals surface area contributed by atoms with Crippen LogP contribution in [0.5, 0.6) is 0 Å². The lowest BCUT2D eigenvalue weighted by molar-refractivity contribution is -0.263. The molecule has 0 spiro atoms. The van der Waals surface area contributed by atoms with Crippen molar-refractivity contribution in [2.45, 2.75) is 106 Å². The van der Waals surface area contributed by atoms with Crippen molar-refractivity contribution in [3.8, 4) is 0 Å². The lowest BCUT2D eigenvalue weighted by atomic mass is 9.98. The first-order valence-electron chi connectivity index (χ1n) is 10.8. The molecule has 0 amide bonds. The fourth-order valence-electron chi connectivity index (χ4n) is 2.23. The summed E-state index contributed by atoms with van der Waals surface area (Å²) >= 11 is 0. The van der Waals surface area contributed by atoms with Crippen molar-refractivity contribution in [2.24, 2.45) is 0 Å². The lowest BCUT2D eigenvalue weighted by Crippen LogP contribution is -2.36. The number of hydrogen-bond donors (Lipinski definition) is 0. The molecule has 176 valence electrons. The van der Waals surface area contributed by atoms with Crippen molar-refractivity contribution in [1.29, 1.82) is 0 Å². The van der Waals surface area contributed by atoms with Gasteiger partial charge in [-0.2, -0.15) is 9.78 Å². The molecule has 7 nitrogen and oxygen atoms in total. The van der Waals surface area contributed by atoms with E-state index in [0.717, 1.165) is 36.8 Å². The van der Waals surface area contributed by atoms with E-state index in [1.165, 1.54) is 0 Å². The molecule has 0 N–H and O–H groups in total. The summed E-state index contributed by atoms with van der Waals surface area (Å²) in [5, 5.41) is 0. The standard InChI is InChI=1S/C23H42O7/c1-11-13-15-25-29-19(5)17(3)22(7,8)27-21(24)28-23(9,10)18(4)20(6)30-26-16-14-12-2/h11-16H2,1-10H3/b19-17-,20-18-. The molecule has 0 radical (unpaired) electrons. The zero-order valence-corrected chi connectivity index (χ0v) is 20.6. The molecule has 0 aromatic heterocycles. The highest BCUT2D eigenvalue weighted by Gasteiger charge is 2.33. The number of rotatable bonds is 14. The van der Waals surface area contributed by atoms with Crippen molar-refractivity contribution in [2.75, 3.05) is 13.2 Å². The van der Waals surface area contributed by atoms with Crippen LogP contribution in [0, 0.1) is 0 Å². The molecule has 30 heavy (non-hydrogen) atoms. The molecule has 0 saturated heterocycles. The molecule has 7 heteroatoms. The summed E-state index contributed by atoms with van der Waals surface area (Å²) in [5.41, 5.74) is -0.412. The van der Waals surface area contributed by atoms with Gasteiger partial charge >= 0.3 is 6.16 Å². The second-order valence-electron chi connectivity index (χ2n) is 8.35. The van der Waals surface area contributed by atoms with E-state index < -0.39 is 17.4 Å². The predicted octanol–water partition coefficient (Wildman–Crippen LogP) is 6.78. The first-order chi connectivity index (χ1) is 13.9. The predicted molar refractivity (Wildman–Crippen MR) is 116 cm³/mol. The summed E-state index contributed by atoms with van der Waals surface area (Å²) in [7, 11) is 0. The number of hydrogen-bond acceptors (Lipinski definition) is 7. The van der Waals surface area contributed by atoms with Crippen LogP contribution in [-0.2, 0) is 29.0 Å². The van der Waals surface area contributed by atoms with Crippen molar-refractivity contribution in [3.05, 3.63) is 22.7 Å². The van der Waals surface area contributed by atoms with E-state index in [1.54, 1.807) is 41.5 Å². The van der Waals surface area contributed by atoms with E-state index in [-0.39, 0.29) is 0 Å². The quantitative estimate of drug-likeness (QED) is 0.0988. The summed E-state index contributed by atoms with van der Waals surface area (Å²) in [4.78, 5) is 33.5. The third-order valence-corrected chi connectivity index (χ3v) is 5.07. The maximum atomic E-state index is 12.5. The monoisotopic (exact) mass is 430 g/mol. The second kappa shape index (κ2) is 13.5. The molecule has 0 atom stereocenters. The number of carbonyl (C=O) groups is 1. The molecule has 0 aliphatic rings. The highest BCUT2D eigenvalue weighted by Crippen LogP contribution is 2.29. The van der Waals surface area contributed by atoms with Crippen molar-refractivity contribution in [3.63, 3.8) is 0 Å². The molecule has 0 aliphatic heterocycles. The van der Waals surface area contributed by atoms with Crippen molar-refractivity contribution >= 4 is 6.16 Å². The molecule has 0 rings (SSSR count). The van der Waals surface area contributed by atoms with Gasteiger partial charge in [-0.05, 0) is 68.2 Å². The molecule has 0 fully saturated rings. The van der Waals surface area contributed by atoms with Gasteiger partial charge in [-0.25, -0.2) is 4.79 Å². The topological polar surface area (TPSA) is 72.5 Å². The summed E-state index contributed by atoms with van der Waals surface area (Å²) < 4.78 is 11.2. The fraction of sp³-hybridized carbons (Fsp3) is 0.783. The van der Waals surface area contributed by atoms with Crippen LogP contribution in [0.1, 0.15) is 94.9 Å². The largest absolute Gasteiger partial charge is 0.510 e. The summed E-state index contributed by atoms with van der Waals surface area (Å²) in [6.45, 7) is 19.5. The van der Waals surface area contributed by atoms with Gasteiger partial charge in [0.1, 0.15) is 22.7 Å². The van der Waals surface area contributed by atoms with Crippen molar-refractivity contribution in [1.82, 2.24) is 0 Å². The maximum absolute atomic E-state index is 12.5. The van der Waals surface area contributed by atoms with Crippen molar-refractivity contribution < 1.29 is 33.8 Å². The minimum atomic E-state index is -0.933. The first kappa shape index (κ1) is 28.3. The SMILES string of the molecule is CCCCOO/C(C)=C(/C)C(C)(C)OC(=O)OC(C)(C)/C(C)=C(/C)OOCCCC. The van der Waals surface area contributed by atoms with E-state index in [0.29, 0.717) is 24.7 Å². The average molecular weight is 431 g/mol. The van der Waals surface area contributed by atoms with Crippen LogP contribution >= 0.6 is 0 Å². The molecule has 0 aromatic carbocycles. The van der Waals surface area contributed by atoms with Gasteiger partial charge in [0.05, 0.1) is 13.2 Å². The maximum Gasteiger partial charge on any atom is 0.510 e. The number of allylic oxidation sites excluding steroid dienone is 2. The van der Waals surface area contributed by atoms with Gasteiger partial charge in [0, 0.05) is 11.1 Å². The molecule has 0 bridgehead atoms. The highest BCUT2D eigenvalue weighted by atomic mass is 17.2. The summed E-state index contributed by atoms with van der Waals surface area (Å²) in [5.74, 6) is 1.10. The normalized spacial score (nSPS) is 13.9. The van der Waals surface area contributed by atoms with Gasteiger partial charge in [-0.15, -0.1) is 0 Å². The lowest BCUT2D eigenvalue weighted by Gasteiger charge is -2.31. The Hall–Kier alpha value is -1.73. The Morgan fingerprint density at radius 3 is 1.30 bits per heavy atom. The van der Waals surface area contributed by atoms with Crippen LogP contribution in [0.25, 0.3) is 0 Å². The Labute approximate surface area is 182 Å². The summed E-state index contributed by atoms with van der Waals surface area (Å²) in [6.07, 6.45) is 3.07. The fourth-order valence-corrected chi connectivity index (χ4v) is 2.23. The van der Waals surface area contributed by atoms with Crippen LogP contribution in [-0.4, -0.2) is 30.6 Å². The molecule has 0 aromatic rings.